The molecule has 0 atom stereocenters. The quantitative estimate of drug-likeness (QED) is 0.815. The van der Waals surface area contributed by atoms with E-state index in [4.69, 9.17) is 18.0 Å². The highest BCUT2D eigenvalue weighted by atomic mass is 79.9. The first-order chi connectivity index (χ1) is 9.95. The molecule has 2 aromatic rings. The van der Waals surface area contributed by atoms with Crippen LogP contribution in [0.3, 0.4) is 0 Å². The summed E-state index contributed by atoms with van der Waals surface area (Å²) in [6, 6.07) is 11.5. The molecule has 2 aromatic carbocycles. The number of amides is 1. The van der Waals surface area contributed by atoms with E-state index in [1.807, 2.05) is 0 Å². The Kier molecular flexibility index (Phi) is 5.03. The number of carbonyl (C=O) groups excluding carboxylic acids is 1. The van der Waals surface area contributed by atoms with E-state index in [9.17, 15) is 9.18 Å². The van der Waals surface area contributed by atoms with Gasteiger partial charge in [-0.1, -0.05) is 36.5 Å². The van der Waals surface area contributed by atoms with Gasteiger partial charge in [0.25, 0.3) is 0 Å². The minimum Gasteiger partial charge on any atom is -0.389 e. The van der Waals surface area contributed by atoms with Crippen molar-refractivity contribution >= 4 is 44.7 Å². The Morgan fingerprint density at radius 2 is 1.90 bits per heavy atom. The second kappa shape index (κ2) is 6.78. The van der Waals surface area contributed by atoms with Crippen molar-refractivity contribution in [2.45, 2.75) is 6.42 Å². The number of hydrogen-bond acceptors (Lipinski definition) is 2. The van der Waals surface area contributed by atoms with E-state index in [0.717, 1.165) is 11.1 Å². The summed E-state index contributed by atoms with van der Waals surface area (Å²) in [6.45, 7) is 0. The maximum Gasteiger partial charge on any atom is 0.228 e. The van der Waals surface area contributed by atoms with Gasteiger partial charge in [0.15, 0.2) is 0 Å². The third-order valence-corrected chi connectivity index (χ3v) is 3.69. The van der Waals surface area contributed by atoms with Crippen LogP contribution in [0.4, 0.5) is 10.1 Å². The van der Waals surface area contributed by atoms with Gasteiger partial charge >= 0.3 is 0 Å². The summed E-state index contributed by atoms with van der Waals surface area (Å²) in [5.74, 6) is -0.645. The monoisotopic (exact) mass is 366 g/mol. The zero-order valence-corrected chi connectivity index (χ0v) is 13.3. The number of halogens is 2. The third-order valence-electron chi connectivity index (χ3n) is 2.81. The van der Waals surface area contributed by atoms with Crippen molar-refractivity contribution in [2.24, 2.45) is 5.73 Å². The van der Waals surface area contributed by atoms with Crippen LogP contribution in [-0.4, -0.2) is 10.9 Å². The molecule has 0 spiro atoms. The lowest BCUT2D eigenvalue weighted by Crippen LogP contribution is -2.15. The van der Waals surface area contributed by atoms with Crippen LogP contribution in [0.5, 0.6) is 0 Å². The van der Waals surface area contributed by atoms with Gasteiger partial charge in [0, 0.05) is 11.3 Å². The molecule has 0 fully saturated rings. The van der Waals surface area contributed by atoms with Crippen molar-refractivity contribution in [1.29, 1.82) is 0 Å². The number of carbonyl (C=O) groups is 1. The van der Waals surface area contributed by atoms with Crippen LogP contribution in [0.2, 0.25) is 0 Å². The van der Waals surface area contributed by atoms with Crippen LogP contribution in [-0.2, 0) is 11.2 Å². The Labute approximate surface area is 135 Å². The zero-order chi connectivity index (χ0) is 15.4. The van der Waals surface area contributed by atoms with Crippen LogP contribution in [0.1, 0.15) is 11.1 Å². The molecule has 1 amide bonds. The Bertz CT molecular complexity index is 689. The van der Waals surface area contributed by atoms with E-state index in [1.165, 1.54) is 6.07 Å². The molecular weight excluding hydrogens is 355 g/mol. The van der Waals surface area contributed by atoms with Gasteiger partial charge in [-0.15, -0.1) is 0 Å². The van der Waals surface area contributed by atoms with Gasteiger partial charge in [-0.05, 0) is 39.7 Å². The minimum atomic E-state index is -0.423. The fraction of sp³-hybridized carbons (Fsp3) is 0.0667. The summed E-state index contributed by atoms with van der Waals surface area (Å²) in [6.07, 6.45) is 0.190. The molecule has 0 radical (unpaired) electrons. The topological polar surface area (TPSA) is 55.1 Å². The van der Waals surface area contributed by atoms with Gasteiger partial charge < -0.3 is 11.1 Å². The molecular formula is C15H12BrFN2OS. The summed E-state index contributed by atoms with van der Waals surface area (Å²) < 4.78 is 13.7. The number of benzene rings is 2. The minimum absolute atomic E-state index is 0.190. The van der Waals surface area contributed by atoms with E-state index >= 15 is 0 Å². The lowest BCUT2D eigenvalue weighted by molar-refractivity contribution is -0.115. The standard InChI is InChI=1S/C15H12BrFN2OS/c16-12-6-5-11(8-13(12)17)19-14(20)7-9-1-3-10(4-2-9)15(18)21/h1-6,8H,7H2,(H2,18,21)(H,19,20). The molecule has 0 saturated carbocycles. The van der Waals surface area contributed by atoms with Crippen molar-refractivity contribution in [3.8, 4) is 0 Å². The number of nitrogens with two attached hydrogens (primary N) is 1. The maximum atomic E-state index is 13.4. The smallest absolute Gasteiger partial charge is 0.228 e. The number of nitrogens with one attached hydrogen (secondary N) is 1. The van der Waals surface area contributed by atoms with Crippen LogP contribution in [0, 0.1) is 5.82 Å². The summed E-state index contributed by atoms with van der Waals surface area (Å²) in [7, 11) is 0. The van der Waals surface area contributed by atoms with Gasteiger partial charge in [-0.3, -0.25) is 4.79 Å². The summed E-state index contributed by atoms with van der Waals surface area (Å²) in [5, 5.41) is 2.65. The molecule has 0 aromatic heterocycles. The molecule has 0 bridgehead atoms. The second-order valence-corrected chi connectivity index (χ2v) is 5.71. The van der Waals surface area contributed by atoms with E-state index in [0.29, 0.717) is 15.1 Å². The van der Waals surface area contributed by atoms with Gasteiger partial charge in [-0.25, -0.2) is 4.39 Å². The van der Waals surface area contributed by atoms with E-state index < -0.39 is 5.82 Å². The molecule has 21 heavy (non-hydrogen) atoms. The third kappa shape index (κ3) is 4.34. The molecule has 0 aliphatic heterocycles. The number of hydrogen-bond donors (Lipinski definition) is 2. The predicted molar refractivity (Wildman–Crippen MR) is 88.8 cm³/mol. The van der Waals surface area contributed by atoms with Gasteiger partial charge in [0.05, 0.1) is 10.9 Å². The fourth-order valence-electron chi connectivity index (χ4n) is 1.75. The first-order valence-corrected chi connectivity index (χ1v) is 7.29. The molecule has 3 N–H and O–H groups in total. The first kappa shape index (κ1) is 15.6. The first-order valence-electron chi connectivity index (χ1n) is 6.09. The summed E-state index contributed by atoms with van der Waals surface area (Å²) in [4.78, 5) is 12.2. The van der Waals surface area contributed by atoms with E-state index in [1.54, 1.807) is 36.4 Å². The predicted octanol–water partition coefficient (Wildman–Crippen LogP) is 3.40. The normalized spacial score (nSPS) is 10.2. The molecule has 0 saturated heterocycles. The van der Waals surface area contributed by atoms with Crippen molar-refractivity contribution in [2.75, 3.05) is 5.32 Å². The number of rotatable bonds is 4. The lowest BCUT2D eigenvalue weighted by Gasteiger charge is -2.07. The highest BCUT2D eigenvalue weighted by Gasteiger charge is 2.07. The Balaban J connectivity index is 2.01. The van der Waals surface area contributed by atoms with Gasteiger partial charge in [0.1, 0.15) is 10.8 Å². The molecule has 108 valence electrons. The SMILES string of the molecule is NC(=S)c1ccc(CC(=O)Nc2ccc(Br)c(F)c2)cc1. The summed E-state index contributed by atoms with van der Waals surface area (Å²) >= 11 is 7.92. The molecule has 0 aliphatic carbocycles. The average molecular weight is 367 g/mol. The number of thiocarbonyl (C=S) groups is 1. The molecule has 0 heterocycles. The highest BCUT2D eigenvalue weighted by molar-refractivity contribution is 9.10. The molecule has 6 heteroatoms. The van der Waals surface area contributed by atoms with E-state index in [-0.39, 0.29) is 12.3 Å². The van der Waals surface area contributed by atoms with Crippen LogP contribution in [0.25, 0.3) is 0 Å². The highest BCUT2D eigenvalue weighted by Crippen LogP contribution is 2.19. The van der Waals surface area contributed by atoms with Crippen molar-refractivity contribution in [3.63, 3.8) is 0 Å². The van der Waals surface area contributed by atoms with E-state index in [2.05, 4.69) is 21.2 Å². The number of anilines is 1. The summed E-state index contributed by atoms with van der Waals surface area (Å²) in [5.41, 5.74) is 7.50. The second-order valence-electron chi connectivity index (χ2n) is 4.42. The Morgan fingerprint density at radius 3 is 2.48 bits per heavy atom. The fourth-order valence-corrected chi connectivity index (χ4v) is 2.13. The molecule has 0 unspecified atom stereocenters. The Hall–Kier alpha value is -1.79. The van der Waals surface area contributed by atoms with Crippen molar-refractivity contribution in [3.05, 3.63) is 63.9 Å². The van der Waals surface area contributed by atoms with Crippen molar-refractivity contribution < 1.29 is 9.18 Å². The Morgan fingerprint density at radius 1 is 1.24 bits per heavy atom. The molecule has 2 rings (SSSR count). The molecule has 3 nitrogen and oxygen atoms in total. The largest absolute Gasteiger partial charge is 0.389 e. The van der Waals surface area contributed by atoms with Crippen LogP contribution < -0.4 is 11.1 Å². The molecule has 0 aliphatic rings. The van der Waals surface area contributed by atoms with Crippen molar-refractivity contribution in [1.82, 2.24) is 0 Å². The average Bonchev–Trinajstić information content (AvgIpc) is 2.43. The van der Waals surface area contributed by atoms with Crippen LogP contribution >= 0.6 is 28.1 Å². The maximum absolute atomic E-state index is 13.4. The van der Waals surface area contributed by atoms with Gasteiger partial charge in [0.2, 0.25) is 5.91 Å². The zero-order valence-electron chi connectivity index (χ0n) is 10.9. The van der Waals surface area contributed by atoms with Gasteiger partial charge in [-0.2, -0.15) is 0 Å². The van der Waals surface area contributed by atoms with Crippen LogP contribution in [0.15, 0.2) is 46.9 Å². The lowest BCUT2D eigenvalue weighted by atomic mass is 10.1.